The zero-order valence-electron chi connectivity index (χ0n) is 20.9. The average molecular weight is 505 g/mol. The van der Waals surface area contributed by atoms with Gasteiger partial charge in [0.15, 0.2) is 6.04 Å². The Hall–Kier alpha value is -4.71. The third-order valence-corrected chi connectivity index (χ3v) is 6.34. The van der Waals surface area contributed by atoms with Crippen molar-refractivity contribution in [2.45, 2.75) is 25.3 Å². The van der Waals surface area contributed by atoms with Gasteiger partial charge in [0.2, 0.25) is 5.91 Å². The van der Waals surface area contributed by atoms with Gasteiger partial charge in [0.1, 0.15) is 25.0 Å². The Morgan fingerprint density at radius 1 is 0.816 bits per heavy atom. The Morgan fingerprint density at radius 2 is 1.39 bits per heavy atom. The number of benzene rings is 4. The molecule has 1 unspecified atom stereocenters. The molecule has 1 aliphatic heterocycles. The van der Waals surface area contributed by atoms with E-state index in [0.29, 0.717) is 24.5 Å². The molecule has 1 saturated heterocycles. The summed E-state index contributed by atoms with van der Waals surface area (Å²) >= 11 is 0. The Kier molecular flexibility index (Phi) is 7.89. The van der Waals surface area contributed by atoms with Gasteiger partial charge in [-0.1, -0.05) is 103 Å². The Balaban J connectivity index is 1.29. The highest BCUT2D eigenvalue weighted by atomic mass is 16.5. The smallest absolute Gasteiger partial charge is 0.333 e. The topological polar surface area (TPSA) is 68.2 Å². The van der Waals surface area contributed by atoms with Crippen LogP contribution in [0.4, 0.5) is 0 Å². The fourth-order valence-corrected chi connectivity index (χ4v) is 4.23. The lowest BCUT2D eigenvalue weighted by atomic mass is 9.98. The first-order valence-corrected chi connectivity index (χ1v) is 12.5. The molecule has 0 bridgehead atoms. The van der Waals surface area contributed by atoms with Crippen LogP contribution in [0.3, 0.4) is 0 Å². The number of rotatable bonds is 10. The van der Waals surface area contributed by atoms with E-state index in [2.05, 4.69) is 4.99 Å². The van der Waals surface area contributed by atoms with Crippen LogP contribution in [0, 0.1) is 0 Å². The van der Waals surface area contributed by atoms with E-state index in [0.717, 1.165) is 16.7 Å². The number of nitrogens with zero attached hydrogens (tertiary/aromatic N) is 2. The van der Waals surface area contributed by atoms with E-state index >= 15 is 0 Å². The van der Waals surface area contributed by atoms with Crippen molar-refractivity contribution in [1.82, 2.24) is 4.90 Å². The van der Waals surface area contributed by atoms with Crippen LogP contribution in [0.1, 0.15) is 28.3 Å². The highest BCUT2D eigenvalue weighted by Crippen LogP contribution is 2.31. The fourth-order valence-electron chi connectivity index (χ4n) is 4.23. The average Bonchev–Trinajstić information content (AvgIpc) is 2.98. The molecule has 6 nitrogen and oxygen atoms in total. The predicted molar refractivity (Wildman–Crippen MR) is 146 cm³/mol. The van der Waals surface area contributed by atoms with Gasteiger partial charge in [-0.15, -0.1) is 0 Å². The molecular formula is C32H28N2O4. The highest BCUT2D eigenvalue weighted by Gasteiger charge is 2.44. The molecular weight excluding hydrogens is 476 g/mol. The minimum Gasteiger partial charge on any atom is -0.489 e. The van der Waals surface area contributed by atoms with Gasteiger partial charge >= 0.3 is 5.97 Å². The minimum absolute atomic E-state index is 0.131. The van der Waals surface area contributed by atoms with Gasteiger partial charge in [-0.25, -0.2) is 4.79 Å². The van der Waals surface area contributed by atoms with Gasteiger partial charge in [-0.05, 0) is 34.4 Å². The second kappa shape index (κ2) is 12.0. The molecule has 0 N–H and O–H groups in total. The van der Waals surface area contributed by atoms with Gasteiger partial charge in [-0.3, -0.25) is 9.79 Å². The maximum absolute atomic E-state index is 13.3. The van der Waals surface area contributed by atoms with Gasteiger partial charge < -0.3 is 14.4 Å². The van der Waals surface area contributed by atoms with E-state index in [4.69, 9.17) is 9.47 Å². The van der Waals surface area contributed by atoms with Crippen molar-refractivity contribution in [2.75, 3.05) is 6.54 Å². The standard InChI is InChI=1S/C32H28N2O4/c35-31-29(33-20-24-10-4-1-5-11-24)21-34(31)30(32(36)38-23-26-14-8-3-9-15-26)27-16-18-28(19-17-27)37-22-25-12-6-2-7-13-25/h1-20,29-30H,21-23H2/t29-,30?/m0/s1. The van der Waals surface area contributed by atoms with Gasteiger partial charge in [0.25, 0.3) is 0 Å². The van der Waals surface area contributed by atoms with E-state index in [1.807, 2.05) is 115 Å². The van der Waals surface area contributed by atoms with Crippen LogP contribution in [0.2, 0.25) is 0 Å². The highest BCUT2D eigenvalue weighted by molar-refractivity contribution is 5.95. The van der Waals surface area contributed by atoms with E-state index in [1.165, 1.54) is 4.90 Å². The molecule has 0 spiro atoms. The number of amides is 1. The SMILES string of the molecule is O=C(OCc1ccccc1)C(c1ccc(OCc2ccccc2)cc1)N1C[C@H](N=Cc2ccccc2)C1=O. The summed E-state index contributed by atoms with van der Waals surface area (Å²) in [5.74, 6) is -0.0110. The largest absolute Gasteiger partial charge is 0.489 e. The normalized spacial score (nSPS) is 15.6. The number of esters is 1. The molecule has 1 aliphatic rings. The zero-order valence-corrected chi connectivity index (χ0v) is 20.9. The molecule has 0 aromatic heterocycles. The molecule has 1 amide bonds. The first-order valence-electron chi connectivity index (χ1n) is 12.5. The van der Waals surface area contributed by atoms with Crippen LogP contribution >= 0.6 is 0 Å². The maximum Gasteiger partial charge on any atom is 0.333 e. The molecule has 190 valence electrons. The predicted octanol–water partition coefficient (Wildman–Crippen LogP) is 5.38. The minimum atomic E-state index is -0.863. The molecule has 0 saturated carbocycles. The Morgan fingerprint density at radius 3 is 2.00 bits per heavy atom. The van der Waals surface area contributed by atoms with E-state index in [-0.39, 0.29) is 12.5 Å². The molecule has 0 radical (unpaired) electrons. The van der Waals surface area contributed by atoms with Crippen LogP contribution in [-0.2, 0) is 27.5 Å². The van der Waals surface area contributed by atoms with Crippen molar-refractivity contribution in [3.05, 3.63) is 138 Å². The third-order valence-electron chi connectivity index (χ3n) is 6.34. The molecule has 4 aromatic carbocycles. The van der Waals surface area contributed by atoms with Crippen molar-refractivity contribution >= 4 is 18.1 Å². The third kappa shape index (κ3) is 6.16. The van der Waals surface area contributed by atoms with Crippen LogP contribution in [0.15, 0.2) is 120 Å². The summed E-state index contributed by atoms with van der Waals surface area (Å²) in [6.07, 6.45) is 1.70. The summed E-state index contributed by atoms with van der Waals surface area (Å²) in [6, 6.07) is 34.8. The number of aliphatic imine (C=N–C) groups is 1. The number of carbonyl (C=O) groups excluding carboxylic acids is 2. The molecule has 1 fully saturated rings. The van der Waals surface area contributed by atoms with Crippen molar-refractivity contribution in [3.63, 3.8) is 0 Å². The number of β-lactam (4-membered cyclic amide) rings is 1. The lowest BCUT2D eigenvalue weighted by molar-refractivity contribution is -0.163. The van der Waals surface area contributed by atoms with Crippen LogP contribution in [0.5, 0.6) is 5.75 Å². The second-order valence-electron chi connectivity index (χ2n) is 9.03. The second-order valence-corrected chi connectivity index (χ2v) is 9.03. The zero-order chi connectivity index (χ0) is 26.2. The summed E-state index contributed by atoms with van der Waals surface area (Å²) in [5, 5.41) is 0. The Labute approximate surface area is 222 Å². The maximum atomic E-state index is 13.3. The lowest BCUT2D eigenvalue weighted by Crippen LogP contribution is -2.58. The number of carbonyl (C=O) groups is 2. The first kappa shape index (κ1) is 25.0. The fraction of sp³-hybridized carbons (Fsp3) is 0.156. The monoisotopic (exact) mass is 504 g/mol. The van der Waals surface area contributed by atoms with Gasteiger partial charge in [0.05, 0.1) is 6.54 Å². The van der Waals surface area contributed by atoms with Crippen molar-refractivity contribution in [2.24, 2.45) is 4.99 Å². The molecule has 1 heterocycles. The summed E-state index contributed by atoms with van der Waals surface area (Å²) < 4.78 is 11.5. The molecule has 0 aliphatic carbocycles. The van der Waals surface area contributed by atoms with Crippen molar-refractivity contribution in [1.29, 1.82) is 0 Å². The van der Waals surface area contributed by atoms with Crippen molar-refractivity contribution in [3.8, 4) is 5.75 Å². The van der Waals surface area contributed by atoms with E-state index in [9.17, 15) is 9.59 Å². The molecule has 38 heavy (non-hydrogen) atoms. The molecule has 5 rings (SSSR count). The van der Waals surface area contributed by atoms with E-state index < -0.39 is 18.1 Å². The first-order chi connectivity index (χ1) is 18.7. The van der Waals surface area contributed by atoms with Crippen LogP contribution in [0.25, 0.3) is 0 Å². The van der Waals surface area contributed by atoms with Gasteiger partial charge in [0, 0.05) is 6.21 Å². The van der Waals surface area contributed by atoms with Crippen LogP contribution < -0.4 is 4.74 Å². The number of likely N-dealkylation sites (tertiary alicyclic amines) is 1. The summed E-state index contributed by atoms with van der Waals surface area (Å²) in [6.45, 7) is 0.903. The number of hydrogen-bond donors (Lipinski definition) is 0. The molecule has 4 aromatic rings. The van der Waals surface area contributed by atoms with Crippen LogP contribution in [-0.4, -0.2) is 35.6 Å². The lowest BCUT2D eigenvalue weighted by Gasteiger charge is -2.40. The summed E-state index contributed by atoms with van der Waals surface area (Å²) in [7, 11) is 0. The van der Waals surface area contributed by atoms with Crippen molar-refractivity contribution < 1.29 is 19.1 Å². The van der Waals surface area contributed by atoms with E-state index in [1.54, 1.807) is 6.21 Å². The number of hydrogen-bond acceptors (Lipinski definition) is 5. The summed E-state index contributed by atoms with van der Waals surface area (Å²) in [5.41, 5.74) is 3.52. The quantitative estimate of drug-likeness (QED) is 0.165. The molecule has 2 atom stereocenters. The van der Waals surface area contributed by atoms with Gasteiger partial charge in [-0.2, -0.15) is 0 Å². The summed E-state index contributed by atoms with van der Waals surface area (Å²) in [4.78, 5) is 32.3. The Bertz CT molecular complexity index is 1370. The number of ether oxygens (including phenoxy) is 2. The molecule has 6 heteroatoms.